The standard InChI is InChI=1S/C19H22FN3O3S/c1-14-4-2-6-18(21-14)22-19(24)16-5-3-11-23(12-16)27(25,26)13-15-7-9-17(20)10-8-15/h2,4,6-10,16H,3,5,11-13H2,1H3,(H,21,22,24). The third-order valence-electron chi connectivity index (χ3n) is 4.55. The van der Waals surface area contributed by atoms with Crippen LogP contribution in [0.2, 0.25) is 0 Å². The van der Waals surface area contributed by atoms with Crippen LogP contribution in [0.1, 0.15) is 24.1 Å². The number of rotatable bonds is 5. The number of aromatic nitrogens is 1. The lowest BCUT2D eigenvalue weighted by molar-refractivity contribution is -0.120. The lowest BCUT2D eigenvalue weighted by Crippen LogP contribution is -2.44. The van der Waals surface area contributed by atoms with E-state index in [1.165, 1.54) is 28.6 Å². The first-order valence-electron chi connectivity index (χ1n) is 8.80. The van der Waals surface area contributed by atoms with E-state index in [0.29, 0.717) is 30.8 Å². The smallest absolute Gasteiger partial charge is 0.229 e. The van der Waals surface area contributed by atoms with E-state index in [-0.39, 0.29) is 18.2 Å². The number of benzene rings is 1. The van der Waals surface area contributed by atoms with Crippen LogP contribution in [-0.4, -0.2) is 36.7 Å². The SMILES string of the molecule is Cc1cccc(NC(=O)C2CCCN(S(=O)(=O)Cc3ccc(F)cc3)C2)n1. The van der Waals surface area contributed by atoms with Gasteiger partial charge < -0.3 is 5.32 Å². The summed E-state index contributed by atoms with van der Waals surface area (Å²) in [5, 5.41) is 2.77. The van der Waals surface area contributed by atoms with Crippen molar-refractivity contribution < 1.29 is 17.6 Å². The minimum Gasteiger partial charge on any atom is -0.310 e. The van der Waals surface area contributed by atoms with E-state index in [0.717, 1.165) is 5.69 Å². The lowest BCUT2D eigenvalue weighted by Gasteiger charge is -2.31. The quantitative estimate of drug-likeness (QED) is 0.850. The molecular formula is C19H22FN3O3S. The van der Waals surface area contributed by atoms with Crippen molar-refractivity contribution >= 4 is 21.7 Å². The van der Waals surface area contributed by atoms with Crippen LogP contribution in [0.4, 0.5) is 10.2 Å². The summed E-state index contributed by atoms with van der Waals surface area (Å²) in [6.45, 7) is 2.36. The number of aryl methyl sites for hydroxylation is 1. The largest absolute Gasteiger partial charge is 0.310 e. The van der Waals surface area contributed by atoms with E-state index in [9.17, 15) is 17.6 Å². The monoisotopic (exact) mass is 391 g/mol. The van der Waals surface area contributed by atoms with Crippen LogP contribution < -0.4 is 5.32 Å². The van der Waals surface area contributed by atoms with E-state index in [4.69, 9.17) is 0 Å². The topological polar surface area (TPSA) is 79.4 Å². The molecule has 0 bridgehead atoms. The molecule has 1 amide bonds. The van der Waals surface area contributed by atoms with Crippen molar-refractivity contribution in [3.05, 3.63) is 59.5 Å². The van der Waals surface area contributed by atoms with E-state index >= 15 is 0 Å². The average Bonchev–Trinajstić information content (AvgIpc) is 2.63. The number of hydrogen-bond acceptors (Lipinski definition) is 4. The summed E-state index contributed by atoms with van der Waals surface area (Å²) in [5.41, 5.74) is 1.31. The highest BCUT2D eigenvalue weighted by Gasteiger charge is 2.32. The molecular weight excluding hydrogens is 369 g/mol. The lowest BCUT2D eigenvalue weighted by atomic mass is 9.99. The maximum atomic E-state index is 13.0. The minimum absolute atomic E-state index is 0.140. The van der Waals surface area contributed by atoms with Crippen molar-refractivity contribution in [3.63, 3.8) is 0 Å². The predicted molar refractivity (Wildman–Crippen MR) is 101 cm³/mol. The Balaban J connectivity index is 1.65. The summed E-state index contributed by atoms with van der Waals surface area (Å²) in [7, 11) is -3.58. The van der Waals surface area contributed by atoms with Gasteiger partial charge in [0, 0.05) is 18.8 Å². The Kier molecular flexibility index (Phi) is 5.86. The molecule has 27 heavy (non-hydrogen) atoms. The van der Waals surface area contributed by atoms with Crippen LogP contribution in [0.25, 0.3) is 0 Å². The van der Waals surface area contributed by atoms with Crippen LogP contribution in [-0.2, 0) is 20.6 Å². The third kappa shape index (κ3) is 5.11. The molecule has 2 aromatic rings. The first-order valence-corrected chi connectivity index (χ1v) is 10.4. The van der Waals surface area contributed by atoms with Crippen molar-refractivity contribution in [2.75, 3.05) is 18.4 Å². The molecule has 0 radical (unpaired) electrons. The first-order chi connectivity index (χ1) is 12.8. The van der Waals surface area contributed by atoms with Gasteiger partial charge >= 0.3 is 0 Å². The summed E-state index contributed by atoms with van der Waals surface area (Å²) in [5.74, 6) is -0.804. The zero-order chi connectivity index (χ0) is 19.4. The molecule has 1 unspecified atom stereocenters. The number of halogens is 1. The van der Waals surface area contributed by atoms with Gasteiger partial charge in [-0.15, -0.1) is 0 Å². The molecule has 144 valence electrons. The molecule has 1 fully saturated rings. The number of piperidine rings is 1. The second kappa shape index (κ2) is 8.14. The first kappa shape index (κ1) is 19.4. The highest BCUT2D eigenvalue weighted by atomic mass is 32.2. The van der Waals surface area contributed by atoms with Gasteiger partial charge in [0.15, 0.2) is 0 Å². The molecule has 1 saturated heterocycles. The number of sulfonamides is 1. The summed E-state index contributed by atoms with van der Waals surface area (Å²) < 4.78 is 39.8. The van der Waals surface area contributed by atoms with Crippen molar-refractivity contribution in [2.45, 2.75) is 25.5 Å². The fourth-order valence-electron chi connectivity index (χ4n) is 3.13. The van der Waals surface area contributed by atoms with E-state index in [1.54, 1.807) is 12.1 Å². The van der Waals surface area contributed by atoms with Crippen LogP contribution in [0.5, 0.6) is 0 Å². The number of pyridine rings is 1. The summed E-state index contributed by atoms with van der Waals surface area (Å²) in [6, 6.07) is 10.8. The number of nitrogens with zero attached hydrogens (tertiary/aromatic N) is 2. The Bertz CT molecular complexity index is 916. The number of amides is 1. The summed E-state index contributed by atoms with van der Waals surface area (Å²) in [6.07, 6.45) is 1.24. The fourth-order valence-corrected chi connectivity index (χ4v) is 4.74. The Morgan fingerprint density at radius 3 is 2.70 bits per heavy atom. The van der Waals surface area contributed by atoms with Crippen LogP contribution in [0.3, 0.4) is 0 Å². The molecule has 1 aromatic heterocycles. The molecule has 1 aliphatic heterocycles. The minimum atomic E-state index is -3.58. The molecule has 0 saturated carbocycles. The predicted octanol–water partition coefficient (Wildman–Crippen LogP) is 2.71. The van der Waals surface area contributed by atoms with Gasteiger partial charge in [-0.05, 0) is 49.6 Å². The zero-order valence-electron chi connectivity index (χ0n) is 15.1. The second-order valence-corrected chi connectivity index (χ2v) is 8.70. The molecule has 1 N–H and O–H groups in total. The van der Waals surface area contributed by atoms with Crippen molar-refractivity contribution in [1.29, 1.82) is 0 Å². The van der Waals surface area contributed by atoms with Gasteiger partial charge in [0.2, 0.25) is 15.9 Å². The van der Waals surface area contributed by atoms with Gasteiger partial charge in [-0.25, -0.2) is 22.1 Å². The Labute approximate surface area is 158 Å². The molecule has 6 nitrogen and oxygen atoms in total. The van der Waals surface area contributed by atoms with E-state index in [2.05, 4.69) is 10.3 Å². The molecule has 3 rings (SSSR count). The van der Waals surface area contributed by atoms with E-state index in [1.807, 2.05) is 13.0 Å². The van der Waals surface area contributed by atoms with E-state index < -0.39 is 21.8 Å². The Hall–Kier alpha value is -2.32. The van der Waals surface area contributed by atoms with Gasteiger partial charge in [0.25, 0.3) is 0 Å². The molecule has 1 atom stereocenters. The highest BCUT2D eigenvalue weighted by Crippen LogP contribution is 2.23. The second-order valence-electron chi connectivity index (χ2n) is 6.73. The fraction of sp³-hybridized carbons (Fsp3) is 0.368. The van der Waals surface area contributed by atoms with Gasteiger partial charge in [0.1, 0.15) is 11.6 Å². The van der Waals surface area contributed by atoms with Crippen LogP contribution in [0, 0.1) is 18.7 Å². The average molecular weight is 391 g/mol. The number of carbonyl (C=O) groups is 1. The highest BCUT2D eigenvalue weighted by molar-refractivity contribution is 7.88. The summed E-state index contributed by atoms with van der Waals surface area (Å²) >= 11 is 0. The molecule has 1 aliphatic rings. The van der Waals surface area contributed by atoms with Crippen LogP contribution in [0.15, 0.2) is 42.5 Å². The van der Waals surface area contributed by atoms with Crippen LogP contribution >= 0.6 is 0 Å². The third-order valence-corrected chi connectivity index (χ3v) is 6.37. The molecule has 8 heteroatoms. The maximum absolute atomic E-state index is 13.0. The molecule has 2 heterocycles. The maximum Gasteiger partial charge on any atom is 0.229 e. The number of hydrogen-bond donors (Lipinski definition) is 1. The Morgan fingerprint density at radius 2 is 2.00 bits per heavy atom. The van der Waals surface area contributed by atoms with Gasteiger partial charge in [-0.1, -0.05) is 18.2 Å². The van der Waals surface area contributed by atoms with Crippen molar-refractivity contribution in [3.8, 4) is 0 Å². The number of anilines is 1. The van der Waals surface area contributed by atoms with Gasteiger partial charge in [0.05, 0.1) is 11.7 Å². The number of nitrogens with one attached hydrogen (secondary N) is 1. The zero-order valence-corrected chi connectivity index (χ0v) is 15.9. The number of carbonyl (C=O) groups excluding carboxylic acids is 1. The molecule has 0 aliphatic carbocycles. The van der Waals surface area contributed by atoms with Gasteiger partial charge in [-0.2, -0.15) is 0 Å². The molecule has 0 spiro atoms. The van der Waals surface area contributed by atoms with Gasteiger partial charge in [-0.3, -0.25) is 4.79 Å². The molecule has 1 aromatic carbocycles. The van der Waals surface area contributed by atoms with Crippen molar-refractivity contribution in [2.24, 2.45) is 5.92 Å². The normalized spacial score (nSPS) is 18.2. The summed E-state index contributed by atoms with van der Waals surface area (Å²) in [4.78, 5) is 16.8. The Morgan fingerprint density at radius 1 is 1.26 bits per heavy atom. The van der Waals surface area contributed by atoms with Crippen molar-refractivity contribution in [1.82, 2.24) is 9.29 Å².